The number of Topliss-reactive ketones (excluding diaryl/α,β-unsaturated/α-hetero) is 1. The van der Waals surface area contributed by atoms with Gasteiger partial charge in [0.1, 0.15) is 18.7 Å². The van der Waals surface area contributed by atoms with Gasteiger partial charge < -0.3 is 19.9 Å². The van der Waals surface area contributed by atoms with E-state index in [-0.39, 0.29) is 36.2 Å². The van der Waals surface area contributed by atoms with Crippen molar-refractivity contribution >= 4 is 17.6 Å². The van der Waals surface area contributed by atoms with Crippen LogP contribution in [0, 0.1) is 5.92 Å². The van der Waals surface area contributed by atoms with Crippen molar-refractivity contribution in [3.63, 3.8) is 0 Å². The summed E-state index contributed by atoms with van der Waals surface area (Å²) in [6, 6.07) is 6.66. The van der Waals surface area contributed by atoms with Crippen LogP contribution in [0.1, 0.15) is 61.4 Å². The molecule has 0 aromatic heterocycles. The van der Waals surface area contributed by atoms with Gasteiger partial charge in [0.05, 0.1) is 6.10 Å². The van der Waals surface area contributed by atoms with E-state index in [0.717, 1.165) is 32.4 Å². The van der Waals surface area contributed by atoms with E-state index in [4.69, 9.17) is 4.74 Å². The molecular weight excluding hydrogens is 406 g/mol. The monoisotopic (exact) mass is 441 g/mol. The number of nitrogens with one attached hydrogen (secondary N) is 1. The van der Waals surface area contributed by atoms with Crippen LogP contribution in [-0.4, -0.2) is 78.9 Å². The number of ether oxygens (including phenoxy) is 1. The largest absolute Gasteiger partial charge is 0.368 e. The van der Waals surface area contributed by atoms with Gasteiger partial charge in [-0.05, 0) is 68.9 Å². The van der Waals surface area contributed by atoms with Crippen LogP contribution in [-0.2, 0) is 14.3 Å². The van der Waals surface area contributed by atoms with Crippen molar-refractivity contribution in [3.05, 3.63) is 35.4 Å². The molecule has 0 aliphatic carbocycles. The number of carbonyl (C=O) groups excluding carboxylic acids is 3. The van der Waals surface area contributed by atoms with Gasteiger partial charge in [0.2, 0.25) is 5.91 Å². The molecule has 32 heavy (non-hydrogen) atoms. The molecule has 2 amide bonds. The molecule has 1 N–H and O–H groups in total. The summed E-state index contributed by atoms with van der Waals surface area (Å²) in [5.74, 6) is 0.0262. The fourth-order valence-corrected chi connectivity index (χ4v) is 5.18. The van der Waals surface area contributed by atoms with Crippen LogP contribution in [0.2, 0.25) is 0 Å². The molecule has 3 saturated heterocycles. The molecule has 3 heterocycles. The number of ketones is 1. The Kier molecular flexibility index (Phi) is 6.96. The number of carbonyl (C=O) groups is 3. The maximum Gasteiger partial charge on any atom is 0.251 e. The van der Waals surface area contributed by atoms with Gasteiger partial charge >= 0.3 is 0 Å². The Bertz CT molecular complexity index is 847. The zero-order valence-corrected chi connectivity index (χ0v) is 19.4. The molecule has 1 aromatic carbocycles. The lowest BCUT2D eigenvalue weighted by Gasteiger charge is -2.30. The second-order valence-electron chi connectivity index (χ2n) is 9.62. The predicted octanol–water partition coefficient (Wildman–Crippen LogP) is 2.21. The minimum absolute atomic E-state index is 0.0403. The number of fused-ring (bicyclic) bond motifs is 1. The van der Waals surface area contributed by atoms with Crippen LogP contribution in [0.5, 0.6) is 0 Å². The average Bonchev–Trinajstić information content (AvgIpc) is 3.40. The van der Waals surface area contributed by atoms with Gasteiger partial charge in [-0.2, -0.15) is 0 Å². The first-order chi connectivity index (χ1) is 15.4. The zero-order valence-electron chi connectivity index (χ0n) is 19.4. The van der Waals surface area contributed by atoms with Crippen LogP contribution in [0.3, 0.4) is 0 Å². The standard InChI is InChI=1S/C25H35N3O4/c1-4-16(2)22(25(31)28-14-11-21-23(28)20(29)15-32-21)26-24(30)19-7-5-17(6-8-19)18-9-12-27(3)13-10-18/h5-8,16,18,21-23H,4,9-15H2,1-3H3,(H,26,30)/t16?,21-,22+,23-/m1/s1. The highest BCUT2D eigenvalue weighted by Gasteiger charge is 2.48. The second-order valence-corrected chi connectivity index (χ2v) is 9.62. The number of likely N-dealkylation sites (tertiary alicyclic amines) is 2. The van der Waals surface area contributed by atoms with Crippen molar-refractivity contribution in [1.82, 2.24) is 15.1 Å². The normalized spacial score (nSPS) is 26.1. The molecule has 0 bridgehead atoms. The summed E-state index contributed by atoms with van der Waals surface area (Å²) >= 11 is 0. The lowest BCUT2D eigenvalue weighted by atomic mass is 9.89. The third-order valence-electron chi connectivity index (χ3n) is 7.52. The van der Waals surface area contributed by atoms with E-state index in [0.29, 0.717) is 24.4 Å². The summed E-state index contributed by atoms with van der Waals surface area (Å²) in [5.41, 5.74) is 1.83. The molecule has 3 aliphatic rings. The quantitative estimate of drug-likeness (QED) is 0.732. The van der Waals surface area contributed by atoms with Gasteiger partial charge in [-0.15, -0.1) is 0 Å². The van der Waals surface area contributed by atoms with Crippen LogP contribution in [0.4, 0.5) is 0 Å². The summed E-state index contributed by atoms with van der Waals surface area (Å²) in [5, 5.41) is 2.97. The Labute approximate surface area is 190 Å². The summed E-state index contributed by atoms with van der Waals surface area (Å²) in [7, 11) is 2.15. The first-order valence-electron chi connectivity index (χ1n) is 11.9. The highest BCUT2D eigenvalue weighted by molar-refractivity contribution is 5.99. The van der Waals surface area contributed by atoms with Gasteiger partial charge in [-0.25, -0.2) is 0 Å². The Morgan fingerprint density at radius 2 is 1.81 bits per heavy atom. The number of rotatable bonds is 6. The molecule has 0 radical (unpaired) electrons. The summed E-state index contributed by atoms with van der Waals surface area (Å²) < 4.78 is 5.52. The van der Waals surface area contributed by atoms with E-state index in [1.165, 1.54) is 5.56 Å². The molecule has 3 aliphatic heterocycles. The van der Waals surface area contributed by atoms with Crippen molar-refractivity contribution in [2.45, 2.75) is 63.6 Å². The Morgan fingerprint density at radius 3 is 2.47 bits per heavy atom. The number of amides is 2. The number of benzene rings is 1. The molecule has 4 rings (SSSR count). The van der Waals surface area contributed by atoms with Gasteiger partial charge in [0.15, 0.2) is 5.78 Å². The predicted molar refractivity (Wildman–Crippen MR) is 121 cm³/mol. The zero-order chi connectivity index (χ0) is 22.8. The smallest absolute Gasteiger partial charge is 0.251 e. The first kappa shape index (κ1) is 22.9. The fourth-order valence-electron chi connectivity index (χ4n) is 5.18. The van der Waals surface area contributed by atoms with Crippen LogP contribution >= 0.6 is 0 Å². The first-order valence-corrected chi connectivity index (χ1v) is 11.9. The summed E-state index contributed by atoms with van der Waals surface area (Å²) in [4.78, 5) is 42.6. The molecule has 0 saturated carbocycles. The Morgan fingerprint density at radius 1 is 1.12 bits per heavy atom. The van der Waals surface area contributed by atoms with E-state index in [1.807, 2.05) is 38.1 Å². The molecule has 3 fully saturated rings. The number of piperidine rings is 1. The number of nitrogens with zero attached hydrogens (tertiary/aromatic N) is 2. The van der Waals surface area contributed by atoms with Crippen molar-refractivity contribution in [3.8, 4) is 0 Å². The summed E-state index contributed by atoms with van der Waals surface area (Å²) in [6.07, 6.45) is 3.48. The van der Waals surface area contributed by atoms with Gasteiger partial charge in [0.25, 0.3) is 5.91 Å². The van der Waals surface area contributed by atoms with Crippen LogP contribution < -0.4 is 5.32 Å². The average molecular weight is 442 g/mol. The Balaban J connectivity index is 1.44. The molecule has 174 valence electrons. The van der Waals surface area contributed by atoms with Gasteiger partial charge in [0, 0.05) is 12.1 Å². The molecule has 7 heteroatoms. The number of hydrogen-bond acceptors (Lipinski definition) is 5. The van der Waals surface area contributed by atoms with Crippen molar-refractivity contribution in [2.75, 3.05) is 33.3 Å². The minimum Gasteiger partial charge on any atom is -0.368 e. The van der Waals surface area contributed by atoms with E-state index >= 15 is 0 Å². The highest BCUT2D eigenvalue weighted by atomic mass is 16.5. The SMILES string of the molecule is CCC(C)[C@H](NC(=O)c1ccc(C2CCN(C)CC2)cc1)C(=O)N1CC[C@H]2OCC(=O)[C@H]21. The maximum atomic E-state index is 13.4. The lowest BCUT2D eigenvalue weighted by molar-refractivity contribution is -0.139. The van der Waals surface area contributed by atoms with Gasteiger partial charge in [-0.3, -0.25) is 14.4 Å². The van der Waals surface area contributed by atoms with Crippen LogP contribution in [0.25, 0.3) is 0 Å². The summed E-state index contributed by atoms with van der Waals surface area (Å²) in [6.45, 7) is 6.72. The van der Waals surface area contributed by atoms with E-state index in [9.17, 15) is 14.4 Å². The molecule has 7 nitrogen and oxygen atoms in total. The van der Waals surface area contributed by atoms with E-state index in [2.05, 4.69) is 17.3 Å². The van der Waals surface area contributed by atoms with E-state index in [1.54, 1.807) is 4.90 Å². The Hall–Kier alpha value is -2.25. The van der Waals surface area contributed by atoms with E-state index < -0.39 is 12.1 Å². The molecule has 1 aromatic rings. The van der Waals surface area contributed by atoms with Crippen LogP contribution in [0.15, 0.2) is 24.3 Å². The van der Waals surface area contributed by atoms with Crippen molar-refractivity contribution in [1.29, 1.82) is 0 Å². The third kappa shape index (κ3) is 4.59. The maximum absolute atomic E-state index is 13.4. The van der Waals surface area contributed by atoms with Gasteiger partial charge in [-0.1, -0.05) is 32.4 Å². The molecule has 4 atom stereocenters. The third-order valence-corrected chi connectivity index (χ3v) is 7.52. The minimum atomic E-state index is -0.659. The topological polar surface area (TPSA) is 79.0 Å². The van der Waals surface area contributed by atoms with Crippen molar-refractivity contribution in [2.24, 2.45) is 5.92 Å². The lowest BCUT2D eigenvalue weighted by Crippen LogP contribution is -2.54. The van der Waals surface area contributed by atoms with Crippen molar-refractivity contribution < 1.29 is 19.1 Å². The fraction of sp³-hybridized carbons (Fsp3) is 0.640. The highest BCUT2D eigenvalue weighted by Crippen LogP contribution is 2.29. The molecular formula is C25H35N3O4. The second kappa shape index (κ2) is 9.71. The number of hydrogen-bond donors (Lipinski definition) is 1. The molecule has 1 unspecified atom stereocenters. The molecule has 0 spiro atoms.